The van der Waals surface area contributed by atoms with E-state index in [2.05, 4.69) is 25.2 Å². The third kappa shape index (κ3) is 2.56. The highest BCUT2D eigenvalue weighted by atomic mass is 16.2. The topological polar surface area (TPSA) is 52.9 Å². The van der Waals surface area contributed by atoms with Crippen molar-refractivity contribution in [2.75, 3.05) is 5.32 Å². The first kappa shape index (κ1) is 14.6. The van der Waals surface area contributed by atoms with Gasteiger partial charge in [-0.15, -0.1) is 0 Å². The number of carbonyl (C=O) groups excluding carboxylic acids is 1. The minimum absolute atomic E-state index is 0.117. The lowest BCUT2D eigenvalue weighted by molar-refractivity contribution is -0.122. The SMILES string of the molecule is CCc1cccc(CC)c1NC(=O)C1(C#N)CCCC1. The molecule has 3 nitrogen and oxygen atoms in total. The van der Waals surface area contributed by atoms with Gasteiger partial charge in [-0.25, -0.2) is 0 Å². The van der Waals surface area contributed by atoms with Gasteiger partial charge in [-0.1, -0.05) is 44.9 Å². The number of anilines is 1. The molecule has 1 aliphatic carbocycles. The van der Waals surface area contributed by atoms with Crippen LogP contribution >= 0.6 is 0 Å². The van der Waals surface area contributed by atoms with E-state index in [1.807, 2.05) is 18.2 Å². The Balaban J connectivity index is 2.30. The van der Waals surface area contributed by atoms with Gasteiger partial charge in [-0.05, 0) is 36.8 Å². The van der Waals surface area contributed by atoms with Gasteiger partial charge in [0.25, 0.3) is 0 Å². The number of hydrogen-bond acceptors (Lipinski definition) is 2. The second-order valence-electron chi connectivity index (χ2n) is 5.51. The number of para-hydroxylation sites is 1. The number of rotatable bonds is 4. The molecule has 2 rings (SSSR count). The fourth-order valence-corrected chi connectivity index (χ4v) is 3.00. The standard InChI is InChI=1S/C17H22N2O/c1-3-13-8-7-9-14(4-2)15(13)19-16(20)17(12-18)10-5-6-11-17/h7-9H,3-6,10-11H2,1-2H3,(H,19,20). The molecule has 1 N–H and O–H groups in total. The number of benzene rings is 1. The molecular formula is C17H22N2O. The third-order valence-corrected chi connectivity index (χ3v) is 4.34. The van der Waals surface area contributed by atoms with Crippen molar-refractivity contribution in [1.82, 2.24) is 0 Å². The number of nitriles is 1. The Hall–Kier alpha value is -1.82. The van der Waals surface area contributed by atoms with Crippen LogP contribution in [0, 0.1) is 16.7 Å². The number of hydrogen-bond donors (Lipinski definition) is 1. The van der Waals surface area contributed by atoms with Crippen molar-refractivity contribution in [3.63, 3.8) is 0 Å². The van der Waals surface area contributed by atoms with E-state index < -0.39 is 5.41 Å². The highest BCUT2D eigenvalue weighted by Crippen LogP contribution is 2.39. The average Bonchev–Trinajstić information content (AvgIpc) is 2.97. The molecule has 0 heterocycles. The van der Waals surface area contributed by atoms with Crippen molar-refractivity contribution in [2.24, 2.45) is 5.41 Å². The zero-order valence-electron chi connectivity index (χ0n) is 12.3. The number of carbonyl (C=O) groups is 1. The van der Waals surface area contributed by atoms with Crippen LogP contribution in [0.25, 0.3) is 0 Å². The van der Waals surface area contributed by atoms with Gasteiger partial charge in [0.1, 0.15) is 5.41 Å². The van der Waals surface area contributed by atoms with Crippen LogP contribution in [0.15, 0.2) is 18.2 Å². The maximum Gasteiger partial charge on any atom is 0.244 e. The second-order valence-corrected chi connectivity index (χ2v) is 5.51. The van der Waals surface area contributed by atoms with Gasteiger partial charge in [0, 0.05) is 5.69 Å². The molecule has 106 valence electrons. The van der Waals surface area contributed by atoms with Crippen LogP contribution in [0.5, 0.6) is 0 Å². The van der Waals surface area contributed by atoms with Crippen LogP contribution in [-0.2, 0) is 17.6 Å². The van der Waals surface area contributed by atoms with Crippen molar-refractivity contribution < 1.29 is 4.79 Å². The fraction of sp³-hybridized carbons (Fsp3) is 0.529. The van der Waals surface area contributed by atoms with Gasteiger partial charge in [0.2, 0.25) is 5.91 Å². The van der Waals surface area contributed by atoms with Crippen LogP contribution in [0.2, 0.25) is 0 Å². The monoisotopic (exact) mass is 270 g/mol. The lowest BCUT2D eigenvalue weighted by Gasteiger charge is -2.22. The van der Waals surface area contributed by atoms with Crippen LogP contribution < -0.4 is 5.32 Å². The summed E-state index contributed by atoms with van der Waals surface area (Å²) in [4.78, 5) is 12.6. The first-order valence-corrected chi connectivity index (χ1v) is 7.50. The van der Waals surface area contributed by atoms with E-state index in [-0.39, 0.29) is 5.91 Å². The molecule has 0 radical (unpaired) electrons. The molecule has 1 fully saturated rings. The molecule has 1 amide bonds. The van der Waals surface area contributed by atoms with Gasteiger partial charge in [0.05, 0.1) is 6.07 Å². The molecule has 0 spiro atoms. The molecule has 0 atom stereocenters. The molecule has 0 bridgehead atoms. The molecule has 1 aliphatic rings. The summed E-state index contributed by atoms with van der Waals surface area (Å²) in [5, 5.41) is 12.5. The average molecular weight is 270 g/mol. The van der Waals surface area contributed by atoms with Gasteiger partial charge in [-0.2, -0.15) is 5.26 Å². The van der Waals surface area contributed by atoms with E-state index in [1.54, 1.807) is 0 Å². The Morgan fingerprint density at radius 1 is 1.25 bits per heavy atom. The highest BCUT2D eigenvalue weighted by Gasteiger charge is 2.41. The van der Waals surface area contributed by atoms with E-state index in [4.69, 9.17) is 0 Å². The summed E-state index contributed by atoms with van der Waals surface area (Å²) in [6.07, 6.45) is 5.07. The molecule has 3 heteroatoms. The Kier molecular flexibility index (Phi) is 4.44. The van der Waals surface area contributed by atoms with E-state index >= 15 is 0 Å². The number of nitrogens with one attached hydrogen (secondary N) is 1. The van der Waals surface area contributed by atoms with Crippen LogP contribution in [0.1, 0.15) is 50.7 Å². The van der Waals surface area contributed by atoms with E-state index in [0.29, 0.717) is 12.8 Å². The summed E-state index contributed by atoms with van der Waals surface area (Å²) >= 11 is 0. The summed E-state index contributed by atoms with van der Waals surface area (Å²) in [7, 11) is 0. The van der Waals surface area contributed by atoms with Gasteiger partial charge in [0.15, 0.2) is 0 Å². The molecule has 1 aromatic rings. The maximum atomic E-state index is 12.6. The number of aryl methyl sites for hydroxylation is 2. The summed E-state index contributed by atoms with van der Waals surface area (Å²) in [5.74, 6) is -0.117. The Bertz CT molecular complexity index is 514. The quantitative estimate of drug-likeness (QED) is 0.903. The molecule has 0 aromatic heterocycles. The van der Waals surface area contributed by atoms with Crippen molar-refractivity contribution in [3.8, 4) is 6.07 Å². The first-order valence-electron chi connectivity index (χ1n) is 7.50. The number of nitrogens with zero attached hydrogens (tertiary/aromatic N) is 1. The predicted molar refractivity (Wildman–Crippen MR) is 80.3 cm³/mol. The van der Waals surface area contributed by atoms with Gasteiger partial charge in [-0.3, -0.25) is 4.79 Å². The predicted octanol–water partition coefficient (Wildman–Crippen LogP) is 3.83. The van der Waals surface area contributed by atoms with Crippen molar-refractivity contribution >= 4 is 11.6 Å². The summed E-state index contributed by atoms with van der Waals surface area (Å²) in [5.41, 5.74) is 2.39. The van der Waals surface area contributed by atoms with Crippen molar-refractivity contribution in [3.05, 3.63) is 29.3 Å². The lowest BCUT2D eigenvalue weighted by atomic mass is 9.86. The van der Waals surface area contributed by atoms with Gasteiger partial charge < -0.3 is 5.32 Å². The normalized spacial score (nSPS) is 16.6. The molecule has 0 saturated heterocycles. The maximum absolute atomic E-state index is 12.6. The van der Waals surface area contributed by atoms with E-state index in [0.717, 1.165) is 42.5 Å². The van der Waals surface area contributed by atoms with E-state index in [1.165, 1.54) is 0 Å². The Labute approximate surface area is 121 Å². The Morgan fingerprint density at radius 3 is 2.25 bits per heavy atom. The minimum atomic E-state index is -0.814. The summed E-state index contributed by atoms with van der Waals surface area (Å²) < 4.78 is 0. The molecular weight excluding hydrogens is 248 g/mol. The zero-order chi connectivity index (χ0) is 14.6. The van der Waals surface area contributed by atoms with E-state index in [9.17, 15) is 10.1 Å². The van der Waals surface area contributed by atoms with Crippen LogP contribution in [0.4, 0.5) is 5.69 Å². The zero-order valence-corrected chi connectivity index (χ0v) is 12.3. The molecule has 1 saturated carbocycles. The Morgan fingerprint density at radius 2 is 1.80 bits per heavy atom. The minimum Gasteiger partial charge on any atom is -0.324 e. The lowest BCUT2D eigenvalue weighted by Crippen LogP contribution is -2.33. The third-order valence-electron chi connectivity index (χ3n) is 4.34. The molecule has 1 aromatic carbocycles. The smallest absolute Gasteiger partial charge is 0.244 e. The second kappa shape index (κ2) is 6.09. The summed E-state index contributed by atoms with van der Waals surface area (Å²) in [6, 6.07) is 8.38. The van der Waals surface area contributed by atoms with Crippen molar-refractivity contribution in [1.29, 1.82) is 5.26 Å². The highest BCUT2D eigenvalue weighted by molar-refractivity contribution is 5.98. The largest absolute Gasteiger partial charge is 0.324 e. The van der Waals surface area contributed by atoms with Crippen LogP contribution in [-0.4, -0.2) is 5.91 Å². The first-order chi connectivity index (χ1) is 9.66. The fourth-order valence-electron chi connectivity index (χ4n) is 3.00. The van der Waals surface area contributed by atoms with Gasteiger partial charge >= 0.3 is 0 Å². The molecule has 0 unspecified atom stereocenters. The molecule has 20 heavy (non-hydrogen) atoms. The number of amides is 1. The molecule has 0 aliphatic heterocycles. The van der Waals surface area contributed by atoms with Crippen molar-refractivity contribution in [2.45, 2.75) is 52.4 Å². The van der Waals surface area contributed by atoms with Crippen LogP contribution in [0.3, 0.4) is 0 Å². The summed E-state index contributed by atoms with van der Waals surface area (Å²) in [6.45, 7) is 4.17.